The van der Waals surface area contributed by atoms with Crippen molar-refractivity contribution in [2.75, 3.05) is 12.4 Å². The molecule has 0 atom stereocenters. The lowest BCUT2D eigenvalue weighted by molar-refractivity contribution is -0.115. The molecular weight excluding hydrogens is 474 g/mol. The molecular formula is C24H22BrN3O4. The minimum absolute atomic E-state index is 0.190. The maximum Gasteiger partial charge on any atom is 0.269 e. The van der Waals surface area contributed by atoms with Crippen molar-refractivity contribution in [2.45, 2.75) is 13.3 Å². The smallest absolute Gasteiger partial charge is 0.269 e. The molecule has 0 aliphatic carbocycles. The second-order valence-corrected chi connectivity index (χ2v) is 7.85. The van der Waals surface area contributed by atoms with E-state index in [0.29, 0.717) is 22.6 Å². The standard InChI is InChI=1S/C24H22BrN3O4/c1-15-5-3-4-6-19(15)24(31)28-27-23(30)17-8-10-18(11-9-17)26-22(29)14-16-7-12-21(32-2)20(25)13-16/h3-13H,14H2,1-2H3,(H,26,29)(H,27,30)(H,28,31). The second-order valence-electron chi connectivity index (χ2n) is 6.99. The first-order valence-corrected chi connectivity index (χ1v) is 10.6. The van der Waals surface area contributed by atoms with Crippen molar-refractivity contribution >= 4 is 39.3 Å². The number of nitrogens with one attached hydrogen (secondary N) is 3. The Labute approximate surface area is 194 Å². The molecule has 3 aromatic rings. The highest BCUT2D eigenvalue weighted by atomic mass is 79.9. The number of carbonyl (C=O) groups excluding carboxylic acids is 3. The lowest BCUT2D eigenvalue weighted by Crippen LogP contribution is -2.41. The molecule has 0 aliphatic rings. The molecule has 0 fully saturated rings. The minimum atomic E-state index is -0.465. The molecule has 3 amide bonds. The first-order chi connectivity index (χ1) is 15.4. The summed E-state index contributed by atoms with van der Waals surface area (Å²) in [5, 5.41) is 2.80. The quantitative estimate of drug-likeness (QED) is 0.450. The molecule has 0 unspecified atom stereocenters. The maximum absolute atomic E-state index is 12.3. The zero-order chi connectivity index (χ0) is 23.1. The summed E-state index contributed by atoms with van der Waals surface area (Å²) >= 11 is 3.40. The van der Waals surface area contributed by atoms with Gasteiger partial charge >= 0.3 is 0 Å². The van der Waals surface area contributed by atoms with Crippen molar-refractivity contribution in [1.82, 2.24) is 10.9 Å². The van der Waals surface area contributed by atoms with E-state index in [-0.39, 0.29) is 12.3 Å². The van der Waals surface area contributed by atoms with Crippen LogP contribution in [0.15, 0.2) is 71.2 Å². The van der Waals surface area contributed by atoms with Gasteiger partial charge < -0.3 is 10.1 Å². The third-order valence-electron chi connectivity index (χ3n) is 4.69. The van der Waals surface area contributed by atoms with Crippen molar-refractivity contribution in [2.24, 2.45) is 0 Å². The number of anilines is 1. The van der Waals surface area contributed by atoms with Gasteiger partial charge in [-0.15, -0.1) is 0 Å². The highest BCUT2D eigenvalue weighted by Crippen LogP contribution is 2.25. The van der Waals surface area contributed by atoms with Gasteiger partial charge in [0.2, 0.25) is 5.91 Å². The van der Waals surface area contributed by atoms with Gasteiger partial charge in [-0.1, -0.05) is 24.3 Å². The van der Waals surface area contributed by atoms with Crippen molar-refractivity contribution in [3.63, 3.8) is 0 Å². The fraction of sp³-hybridized carbons (Fsp3) is 0.125. The molecule has 0 bridgehead atoms. The summed E-state index contributed by atoms with van der Waals surface area (Å²) in [5.41, 5.74) is 7.81. The monoisotopic (exact) mass is 495 g/mol. The van der Waals surface area contributed by atoms with Gasteiger partial charge in [-0.05, 0) is 76.4 Å². The van der Waals surface area contributed by atoms with Crippen LogP contribution < -0.4 is 20.9 Å². The number of hydrogen-bond acceptors (Lipinski definition) is 4. The fourth-order valence-corrected chi connectivity index (χ4v) is 3.58. The Balaban J connectivity index is 1.53. The summed E-state index contributed by atoms with van der Waals surface area (Å²) in [4.78, 5) is 36.8. The summed E-state index contributed by atoms with van der Waals surface area (Å²) in [7, 11) is 1.58. The molecule has 164 valence electrons. The van der Waals surface area contributed by atoms with Crippen molar-refractivity contribution in [3.05, 3.63) is 93.5 Å². The number of hydrogen-bond donors (Lipinski definition) is 3. The molecule has 3 rings (SSSR count). The van der Waals surface area contributed by atoms with Crippen molar-refractivity contribution in [1.29, 1.82) is 0 Å². The Kier molecular flexibility index (Phi) is 7.62. The van der Waals surface area contributed by atoms with Gasteiger partial charge in [0, 0.05) is 16.8 Å². The van der Waals surface area contributed by atoms with Crippen LogP contribution in [0.3, 0.4) is 0 Å². The average Bonchev–Trinajstić information content (AvgIpc) is 2.78. The van der Waals surface area contributed by atoms with Crippen LogP contribution in [0.4, 0.5) is 5.69 Å². The summed E-state index contributed by atoms with van der Waals surface area (Å²) in [5.74, 6) is -0.360. The molecule has 0 heterocycles. The molecule has 3 aromatic carbocycles. The van der Waals surface area contributed by atoms with E-state index < -0.39 is 11.8 Å². The Morgan fingerprint density at radius 2 is 1.59 bits per heavy atom. The molecule has 32 heavy (non-hydrogen) atoms. The van der Waals surface area contributed by atoms with Crippen LogP contribution in [-0.2, 0) is 11.2 Å². The second kappa shape index (κ2) is 10.6. The van der Waals surface area contributed by atoms with Crippen molar-refractivity contribution in [3.8, 4) is 5.75 Å². The summed E-state index contributed by atoms with van der Waals surface area (Å²) in [6.07, 6.45) is 0.190. The number of methoxy groups -OCH3 is 1. The van der Waals surface area contributed by atoms with Crippen LogP contribution in [0.1, 0.15) is 31.8 Å². The van der Waals surface area contributed by atoms with E-state index in [1.807, 2.05) is 31.2 Å². The average molecular weight is 496 g/mol. The molecule has 0 radical (unpaired) electrons. The fourth-order valence-electron chi connectivity index (χ4n) is 3.00. The highest BCUT2D eigenvalue weighted by molar-refractivity contribution is 9.10. The van der Waals surface area contributed by atoms with E-state index >= 15 is 0 Å². The number of ether oxygens (including phenoxy) is 1. The lowest BCUT2D eigenvalue weighted by atomic mass is 10.1. The Morgan fingerprint density at radius 1 is 0.906 bits per heavy atom. The molecule has 0 saturated carbocycles. The number of hydrazine groups is 1. The lowest BCUT2D eigenvalue weighted by Gasteiger charge is -2.10. The van der Waals surface area contributed by atoms with Crippen LogP contribution in [0, 0.1) is 6.92 Å². The van der Waals surface area contributed by atoms with Gasteiger partial charge in [0.15, 0.2) is 0 Å². The molecule has 3 N–H and O–H groups in total. The summed E-state index contributed by atoms with van der Waals surface area (Å²) in [6.45, 7) is 1.82. The van der Waals surface area contributed by atoms with E-state index in [4.69, 9.17) is 4.74 Å². The first kappa shape index (κ1) is 23.0. The van der Waals surface area contributed by atoms with E-state index in [1.54, 1.807) is 49.6 Å². The van der Waals surface area contributed by atoms with Gasteiger partial charge in [-0.25, -0.2) is 0 Å². The number of benzene rings is 3. The van der Waals surface area contributed by atoms with Crippen LogP contribution in [0.25, 0.3) is 0 Å². The van der Waals surface area contributed by atoms with Crippen LogP contribution in [0.2, 0.25) is 0 Å². The predicted molar refractivity (Wildman–Crippen MR) is 126 cm³/mol. The summed E-state index contributed by atoms with van der Waals surface area (Å²) in [6, 6.07) is 18.9. The molecule has 0 aromatic heterocycles. The SMILES string of the molecule is COc1ccc(CC(=O)Nc2ccc(C(=O)NNC(=O)c3ccccc3C)cc2)cc1Br. The number of halogens is 1. The Hall–Kier alpha value is -3.65. The predicted octanol–water partition coefficient (Wildman–Crippen LogP) is 4.02. The molecule has 0 saturated heterocycles. The van der Waals surface area contributed by atoms with E-state index in [1.165, 1.54) is 0 Å². The van der Waals surface area contributed by atoms with Gasteiger partial charge in [-0.2, -0.15) is 0 Å². The zero-order valence-corrected chi connectivity index (χ0v) is 19.2. The van der Waals surface area contributed by atoms with Gasteiger partial charge in [0.05, 0.1) is 18.0 Å². The summed E-state index contributed by atoms with van der Waals surface area (Å²) < 4.78 is 5.96. The van der Waals surface area contributed by atoms with Crippen LogP contribution in [-0.4, -0.2) is 24.8 Å². The Morgan fingerprint density at radius 3 is 2.25 bits per heavy atom. The zero-order valence-electron chi connectivity index (χ0n) is 17.6. The normalized spacial score (nSPS) is 10.2. The number of amides is 3. The number of rotatable bonds is 6. The molecule has 0 aliphatic heterocycles. The molecule has 0 spiro atoms. The molecule has 7 nitrogen and oxygen atoms in total. The minimum Gasteiger partial charge on any atom is -0.496 e. The number of carbonyl (C=O) groups is 3. The van der Waals surface area contributed by atoms with E-state index in [2.05, 4.69) is 32.1 Å². The highest BCUT2D eigenvalue weighted by Gasteiger charge is 2.12. The van der Waals surface area contributed by atoms with Crippen molar-refractivity contribution < 1.29 is 19.1 Å². The topological polar surface area (TPSA) is 96.5 Å². The number of aryl methyl sites for hydroxylation is 1. The van der Waals surface area contributed by atoms with E-state index in [0.717, 1.165) is 15.6 Å². The third-order valence-corrected chi connectivity index (χ3v) is 5.31. The van der Waals surface area contributed by atoms with Crippen LogP contribution >= 0.6 is 15.9 Å². The maximum atomic E-state index is 12.3. The Bertz CT molecular complexity index is 1150. The van der Waals surface area contributed by atoms with Crippen LogP contribution in [0.5, 0.6) is 5.75 Å². The largest absolute Gasteiger partial charge is 0.496 e. The third kappa shape index (κ3) is 5.95. The first-order valence-electron chi connectivity index (χ1n) is 9.76. The van der Waals surface area contributed by atoms with Gasteiger partial charge in [0.1, 0.15) is 5.75 Å². The molecule has 8 heteroatoms. The van der Waals surface area contributed by atoms with Gasteiger partial charge in [-0.3, -0.25) is 25.2 Å². The van der Waals surface area contributed by atoms with E-state index in [9.17, 15) is 14.4 Å². The van der Waals surface area contributed by atoms with Gasteiger partial charge in [0.25, 0.3) is 11.8 Å².